The molecule has 0 saturated heterocycles. The first-order chi connectivity index (χ1) is 12.4. The Morgan fingerprint density at radius 2 is 2.04 bits per heavy atom. The Morgan fingerprint density at radius 3 is 2.81 bits per heavy atom. The molecule has 1 aliphatic heterocycles. The number of carbonyl (C=O) groups is 3. The number of para-hydroxylation sites is 2. The molecule has 0 aromatic heterocycles. The summed E-state index contributed by atoms with van der Waals surface area (Å²) in [5.74, 6) is -1.94. The van der Waals surface area contributed by atoms with Crippen molar-refractivity contribution in [2.75, 3.05) is 23.4 Å². The molecular formula is C18H15BrN2O5. The van der Waals surface area contributed by atoms with Crippen LogP contribution in [-0.4, -0.2) is 36.0 Å². The number of rotatable bonds is 3. The molecule has 8 heteroatoms. The summed E-state index contributed by atoms with van der Waals surface area (Å²) in [5, 5.41) is 12.7. The summed E-state index contributed by atoms with van der Waals surface area (Å²) in [6.45, 7) is 1.05. The summed E-state index contributed by atoms with van der Waals surface area (Å²) < 4.78 is 5.40. The predicted molar refractivity (Wildman–Crippen MR) is 98.3 cm³/mol. The van der Waals surface area contributed by atoms with Crippen molar-refractivity contribution in [2.45, 2.75) is 6.92 Å². The Labute approximate surface area is 157 Å². The zero-order valence-corrected chi connectivity index (χ0v) is 15.4. The van der Waals surface area contributed by atoms with Gasteiger partial charge in [0.15, 0.2) is 6.61 Å². The van der Waals surface area contributed by atoms with E-state index in [-0.39, 0.29) is 23.8 Å². The monoisotopic (exact) mass is 418 g/mol. The molecule has 0 saturated carbocycles. The highest BCUT2D eigenvalue weighted by Gasteiger charge is 2.27. The van der Waals surface area contributed by atoms with Gasteiger partial charge in [-0.2, -0.15) is 0 Å². The van der Waals surface area contributed by atoms with Crippen molar-refractivity contribution in [1.29, 1.82) is 0 Å². The van der Waals surface area contributed by atoms with Crippen LogP contribution in [0.1, 0.15) is 15.9 Å². The number of hydrogen-bond donors (Lipinski definition) is 2. The van der Waals surface area contributed by atoms with Crippen molar-refractivity contribution in [1.82, 2.24) is 0 Å². The molecule has 3 rings (SSSR count). The zero-order valence-electron chi connectivity index (χ0n) is 13.8. The number of phenolic OH excluding ortho intramolecular Hbond substituents is 1. The average molecular weight is 419 g/mol. The number of anilines is 2. The molecule has 0 fully saturated rings. The van der Waals surface area contributed by atoms with Crippen LogP contribution in [0.15, 0.2) is 40.9 Å². The lowest BCUT2D eigenvalue weighted by molar-refractivity contribution is -0.124. The number of aryl methyl sites for hydroxylation is 1. The van der Waals surface area contributed by atoms with E-state index in [2.05, 4.69) is 21.2 Å². The number of aromatic hydroxyl groups is 1. The quantitative estimate of drug-likeness (QED) is 0.746. The van der Waals surface area contributed by atoms with Crippen LogP contribution < -0.4 is 10.2 Å². The molecule has 134 valence electrons. The van der Waals surface area contributed by atoms with Crippen molar-refractivity contribution in [3.63, 3.8) is 0 Å². The Bertz CT molecular complexity index is 912. The molecule has 0 aliphatic carbocycles. The molecule has 2 aromatic rings. The number of amides is 2. The number of carbonyl (C=O) groups excluding carboxylic acids is 3. The van der Waals surface area contributed by atoms with Gasteiger partial charge in [-0.3, -0.25) is 14.5 Å². The summed E-state index contributed by atoms with van der Waals surface area (Å²) in [6, 6.07) is 9.98. The van der Waals surface area contributed by atoms with Crippen LogP contribution in [0.4, 0.5) is 11.4 Å². The second kappa shape index (κ2) is 7.17. The molecule has 0 spiro atoms. The summed E-state index contributed by atoms with van der Waals surface area (Å²) in [6.07, 6.45) is 0. The molecular weight excluding hydrogens is 404 g/mol. The van der Waals surface area contributed by atoms with Gasteiger partial charge in [0, 0.05) is 0 Å². The van der Waals surface area contributed by atoms with Crippen molar-refractivity contribution in [3.8, 4) is 5.75 Å². The van der Waals surface area contributed by atoms with Crippen molar-refractivity contribution < 1.29 is 24.2 Å². The Balaban J connectivity index is 1.74. The number of benzene rings is 2. The minimum atomic E-state index is -0.824. The van der Waals surface area contributed by atoms with Gasteiger partial charge in [0.05, 0.1) is 15.8 Å². The number of ether oxygens (including phenoxy) is 1. The minimum Gasteiger partial charge on any atom is -0.506 e. The summed E-state index contributed by atoms with van der Waals surface area (Å²) in [4.78, 5) is 37.7. The number of hydrogen-bond acceptors (Lipinski definition) is 5. The van der Waals surface area contributed by atoms with Crippen molar-refractivity contribution in [2.24, 2.45) is 0 Å². The van der Waals surface area contributed by atoms with Crippen LogP contribution in [0.5, 0.6) is 5.75 Å². The molecule has 2 N–H and O–H groups in total. The predicted octanol–water partition coefficient (Wildman–Crippen LogP) is 2.61. The van der Waals surface area contributed by atoms with Gasteiger partial charge in [0.1, 0.15) is 17.9 Å². The summed E-state index contributed by atoms with van der Waals surface area (Å²) in [7, 11) is 0. The average Bonchev–Trinajstić information content (AvgIpc) is 2.61. The van der Waals surface area contributed by atoms with E-state index in [4.69, 9.17) is 4.74 Å². The number of nitrogens with zero attached hydrogens (tertiary/aromatic N) is 1. The van der Waals surface area contributed by atoms with Crippen LogP contribution in [0.3, 0.4) is 0 Å². The number of nitrogens with one attached hydrogen (secondary N) is 1. The first-order valence-corrected chi connectivity index (χ1v) is 8.51. The molecule has 0 atom stereocenters. The lowest BCUT2D eigenvalue weighted by Gasteiger charge is -2.28. The zero-order chi connectivity index (χ0) is 18.8. The van der Waals surface area contributed by atoms with E-state index < -0.39 is 18.5 Å². The van der Waals surface area contributed by atoms with E-state index in [1.54, 1.807) is 37.3 Å². The van der Waals surface area contributed by atoms with Crippen LogP contribution in [0.25, 0.3) is 0 Å². The third-order valence-electron chi connectivity index (χ3n) is 3.83. The van der Waals surface area contributed by atoms with Crippen LogP contribution >= 0.6 is 15.9 Å². The lowest BCUT2D eigenvalue weighted by Crippen LogP contribution is -2.44. The third-order valence-corrected chi connectivity index (χ3v) is 4.43. The van der Waals surface area contributed by atoms with E-state index in [9.17, 15) is 19.5 Å². The van der Waals surface area contributed by atoms with Gasteiger partial charge in [-0.15, -0.1) is 0 Å². The molecule has 0 unspecified atom stereocenters. The largest absolute Gasteiger partial charge is 0.506 e. The van der Waals surface area contributed by atoms with Gasteiger partial charge in [-0.1, -0.05) is 12.1 Å². The normalized spacial score (nSPS) is 13.0. The first-order valence-electron chi connectivity index (χ1n) is 7.72. The molecule has 1 heterocycles. The molecule has 7 nitrogen and oxygen atoms in total. The van der Waals surface area contributed by atoms with Gasteiger partial charge in [0.2, 0.25) is 5.91 Å². The van der Waals surface area contributed by atoms with Crippen LogP contribution in [-0.2, 0) is 14.3 Å². The fourth-order valence-electron chi connectivity index (χ4n) is 2.63. The van der Waals surface area contributed by atoms with Gasteiger partial charge in [-0.25, -0.2) is 4.79 Å². The SMILES string of the molecule is Cc1cc(Br)c(O)c(C(=O)OCC(=O)N2CC(=O)Nc3ccccc32)c1. The second-order valence-electron chi connectivity index (χ2n) is 5.76. The minimum absolute atomic E-state index is 0.0403. The van der Waals surface area contributed by atoms with Gasteiger partial charge in [0.25, 0.3) is 5.91 Å². The van der Waals surface area contributed by atoms with E-state index in [0.717, 1.165) is 5.56 Å². The molecule has 26 heavy (non-hydrogen) atoms. The maximum absolute atomic E-state index is 12.5. The topological polar surface area (TPSA) is 95.9 Å². The fraction of sp³-hybridized carbons (Fsp3) is 0.167. The Hall–Kier alpha value is -2.87. The number of esters is 1. The highest BCUT2D eigenvalue weighted by molar-refractivity contribution is 9.10. The van der Waals surface area contributed by atoms with E-state index in [1.807, 2.05) is 0 Å². The highest BCUT2D eigenvalue weighted by atomic mass is 79.9. The summed E-state index contributed by atoms with van der Waals surface area (Å²) in [5.41, 5.74) is 1.76. The number of fused-ring (bicyclic) bond motifs is 1. The maximum atomic E-state index is 12.5. The van der Waals surface area contributed by atoms with Gasteiger partial charge < -0.3 is 15.2 Å². The molecule has 2 aromatic carbocycles. The van der Waals surface area contributed by atoms with E-state index >= 15 is 0 Å². The molecule has 0 bridgehead atoms. The standard InChI is InChI=1S/C18H15BrN2O5/c1-10-6-11(17(24)12(19)7-10)18(25)26-9-16(23)21-8-15(22)20-13-4-2-3-5-14(13)21/h2-7,24H,8-9H2,1H3,(H,20,22). The molecule has 1 aliphatic rings. The Kier molecular flexibility index (Phi) is 4.94. The second-order valence-corrected chi connectivity index (χ2v) is 6.62. The smallest absolute Gasteiger partial charge is 0.342 e. The Morgan fingerprint density at radius 1 is 1.31 bits per heavy atom. The number of phenols is 1. The van der Waals surface area contributed by atoms with Crippen LogP contribution in [0.2, 0.25) is 0 Å². The van der Waals surface area contributed by atoms with E-state index in [0.29, 0.717) is 15.8 Å². The van der Waals surface area contributed by atoms with Crippen LogP contribution in [0, 0.1) is 6.92 Å². The molecule has 2 amide bonds. The van der Waals surface area contributed by atoms with Crippen molar-refractivity contribution >= 4 is 45.1 Å². The maximum Gasteiger partial charge on any atom is 0.342 e. The third kappa shape index (κ3) is 3.55. The number of halogens is 1. The van der Waals surface area contributed by atoms with Gasteiger partial charge in [-0.05, 0) is 52.7 Å². The first kappa shape index (κ1) is 17.9. The summed E-state index contributed by atoms with van der Waals surface area (Å²) >= 11 is 3.16. The highest BCUT2D eigenvalue weighted by Crippen LogP contribution is 2.31. The van der Waals surface area contributed by atoms with Crippen molar-refractivity contribution in [3.05, 3.63) is 52.0 Å². The fourth-order valence-corrected chi connectivity index (χ4v) is 3.20. The van der Waals surface area contributed by atoms with Gasteiger partial charge >= 0.3 is 5.97 Å². The molecule has 0 radical (unpaired) electrons. The van der Waals surface area contributed by atoms with E-state index in [1.165, 1.54) is 11.0 Å². The lowest BCUT2D eigenvalue weighted by atomic mass is 10.1.